The molecule has 0 aliphatic carbocycles. The largest absolute Gasteiger partial charge is 0.360 e. The monoisotopic (exact) mass is 265 g/mol. The maximum Gasteiger partial charge on any atom is 0.314 e. The zero-order valence-corrected chi connectivity index (χ0v) is 10.4. The predicted octanol–water partition coefficient (Wildman–Crippen LogP) is 1.30. The van der Waals surface area contributed by atoms with Crippen molar-refractivity contribution in [2.24, 2.45) is 0 Å². The number of amides is 2. The average molecular weight is 265 g/mol. The number of hydrogen-bond donors (Lipinski definition) is 2. The van der Waals surface area contributed by atoms with Crippen LogP contribution in [0, 0.1) is 6.92 Å². The Balaban J connectivity index is 1.83. The number of aromatic nitrogens is 1. The van der Waals surface area contributed by atoms with Gasteiger partial charge in [0.15, 0.2) is 5.82 Å². The van der Waals surface area contributed by atoms with E-state index in [0.717, 1.165) is 4.88 Å². The molecule has 0 radical (unpaired) electrons. The van der Waals surface area contributed by atoms with Crippen molar-refractivity contribution in [2.45, 2.75) is 13.5 Å². The van der Waals surface area contributed by atoms with E-state index in [-0.39, 0.29) is 5.82 Å². The smallest absolute Gasteiger partial charge is 0.314 e. The molecule has 7 heteroatoms. The third-order valence-electron chi connectivity index (χ3n) is 2.08. The second kappa shape index (κ2) is 5.46. The lowest BCUT2D eigenvalue weighted by atomic mass is 10.4. The summed E-state index contributed by atoms with van der Waals surface area (Å²) in [6.07, 6.45) is 0. The van der Waals surface area contributed by atoms with Gasteiger partial charge in [0.1, 0.15) is 5.76 Å². The summed E-state index contributed by atoms with van der Waals surface area (Å²) in [6, 6.07) is 5.29. The molecule has 2 aromatic rings. The average Bonchev–Trinajstić information content (AvgIpc) is 2.97. The van der Waals surface area contributed by atoms with Crippen LogP contribution in [-0.2, 0) is 16.1 Å². The van der Waals surface area contributed by atoms with Crippen LogP contribution < -0.4 is 10.6 Å². The summed E-state index contributed by atoms with van der Waals surface area (Å²) in [5.74, 6) is -0.683. The number of rotatable bonds is 3. The second-order valence-corrected chi connectivity index (χ2v) is 4.57. The molecule has 0 aliphatic rings. The zero-order valence-electron chi connectivity index (χ0n) is 9.60. The molecular formula is C11H11N3O3S. The lowest BCUT2D eigenvalue weighted by molar-refractivity contribution is -0.136. The number of anilines is 1. The van der Waals surface area contributed by atoms with Crippen LogP contribution in [0.15, 0.2) is 28.1 Å². The fourth-order valence-corrected chi connectivity index (χ4v) is 1.90. The zero-order chi connectivity index (χ0) is 13.0. The number of nitrogens with one attached hydrogen (secondary N) is 2. The Morgan fingerprint density at radius 3 is 2.89 bits per heavy atom. The van der Waals surface area contributed by atoms with E-state index in [0.29, 0.717) is 12.3 Å². The summed E-state index contributed by atoms with van der Waals surface area (Å²) in [5.41, 5.74) is 0. The number of carbonyl (C=O) groups is 2. The first-order valence-electron chi connectivity index (χ1n) is 5.20. The molecule has 2 aromatic heterocycles. The van der Waals surface area contributed by atoms with E-state index in [9.17, 15) is 9.59 Å². The normalized spacial score (nSPS) is 10.1. The highest BCUT2D eigenvalue weighted by Crippen LogP contribution is 2.08. The van der Waals surface area contributed by atoms with Crippen molar-refractivity contribution in [1.82, 2.24) is 10.5 Å². The molecule has 0 aliphatic heterocycles. The number of nitrogens with zero attached hydrogens (tertiary/aromatic N) is 1. The molecule has 2 rings (SSSR count). The SMILES string of the molecule is Cc1cc(NC(=O)C(=O)NCc2cccs2)no1. The summed E-state index contributed by atoms with van der Waals surface area (Å²) in [6.45, 7) is 2.03. The van der Waals surface area contributed by atoms with E-state index < -0.39 is 11.8 Å². The van der Waals surface area contributed by atoms with Gasteiger partial charge in [0, 0.05) is 10.9 Å². The fraction of sp³-hybridized carbons (Fsp3) is 0.182. The van der Waals surface area contributed by atoms with Gasteiger partial charge in [-0.2, -0.15) is 0 Å². The summed E-state index contributed by atoms with van der Waals surface area (Å²) in [7, 11) is 0. The number of aryl methyl sites for hydroxylation is 1. The molecule has 0 saturated carbocycles. The Bertz CT molecular complexity index is 548. The molecule has 0 bridgehead atoms. The molecule has 0 fully saturated rings. The molecule has 6 nitrogen and oxygen atoms in total. The molecule has 0 saturated heterocycles. The molecule has 0 atom stereocenters. The van der Waals surface area contributed by atoms with E-state index in [2.05, 4.69) is 15.8 Å². The second-order valence-electron chi connectivity index (χ2n) is 3.54. The Morgan fingerprint density at radius 2 is 2.28 bits per heavy atom. The lowest BCUT2D eigenvalue weighted by Crippen LogP contribution is -2.34. The van der Waals surface area contributed by atoms with Gasteiger partial charge in [-0.1, -0.05) is 11.2 Å². The first kappa shape index (κ1) is 12.3. The van der Waals surface area contributed by atoms with Crippen LogP contribution in [0.2, 0.25) is 0 Å². The maximum atomic E-state index is 11.5. The van der Waals surface area contributed by atoms with E-state index in [1.165, 1.54) is 17.4 Å². The first-order valence-corrected chi connectivity index (χ1v) is 6.08. The highest BCUT2D eigenvalue weighted by molar-refractivity contribution is 7.09. The highest BCUT2D eigenvalue weighted by Gasteiger charge is 2.15. The highest BCUT2D eigenvalue weighted by atomic mass is 32.1. The van der Waals surface area contributed by atoms with Crippen LogP contribution in [0.25, 0.3) is 0 Å². The molecule has 2 heterocycles. The maximum absolute atomic E-state index is 11.5. The molecule has 18 heavy (non-hydrogen) atoms. The minimum Gasteiger partial charge on any atom is -0.360 e. The topological polar surface area (TPSA) is 84.2 Å². The standard InChI is InChI=1S/C11H11N3O3S/c1-7-5-9(14-17-7)13-11(16)10(15)12-6-8-3-2-4-18-8/h2-5H,6H2,1H3,(H,12,15)(H,13,14,16). The molecule has 2 N–H and O–H groups in total. The van der Waals surface area contributed by atoms with Gasteiger partial charge in [0.05, 0.1) is 6.54 Å². The van der Waals surface area contributed by atoms with Gasteiger partial charge in [0.25, 0.3) is 0 Å². The Hall–Kier alpha value is -2.15. The van der Waals surface area contributed by atoms with E-state index in [4.69, 9.17) is 4.52 Å². The molecule has 94 valence electrons. The van der Waals surface area contributed by atoms with Crippen LogP contribution in [0.5, 0.6) is 0 Å². The predicted molar refractivity (Wildman–Crippen MR) is 66.0 cm³/mol. The summed E-state index contributed by atoms with van der Waals surface area (Å²) in [4.78, 5) is 23.9. The molecule has 0 unspecified atom stereocenters. The van der Waals surface area contributed by atoms with Crippen LogP contribution in [-0.4, -0.2) is 17.0 Å². The van der Waals surface area contributed by atoms with Crippen LogP contribution >= 0.6 is 11.3 Å². The minimum atomic E-state index is -0.764. The molecule has 0 spiro atoms. The van der Waals surface area contributed by atoms with Crippen LogP contribution in [0.3, 0.4) is 0 Å². The van der Waals surface area contributed by atoms with Crippen molar-refractivity contribution in [3.63, 3.8) is 0 Å². The van der Waals surface area contributed by atoms with Gasteiger partial charge in [0.2, 0.25) is 0 Å². The van der Waals surface area contributed by atoms with Gasteiger partial charge >= 0.3 is 11.8 Å². The Kier molecular flexibility index (Phi) is 3.73. The van der Waals surface area contributed by atoms with Gasteiger partial charge < -0.3 is 9.84 Å². The van der Waals surface area contributed by atoms with Crippen molar-refractivity contribution < 1.29 is 14.1 Å². The van der Waals surface area contributed by atoms with Gasteiger partial charge in [-0.05, 0) is 18.4 Å². The number of carbonyl (C=O) groups excluding carboxylic acids is 2. The summed E-state index contributed by atoms with van der Waals surface area (Å²) < 4.78 is 4.77. The van der Waals surface area contributed by atoms with Crippen molar-refractivity contribution in [3.8, 4) is 0 Å². The van der Waals surface area contributed by atoms with Crippen molar-refractivity contribution in [3.05, 3.63) is 34.2 Å². The number of hydrogen-bond acceptors (Lipinski definition) is 5. The Labute approximate surface area is 107 Å². The number of thiophene rings is 1. The minimum absolute atomic E-state index is 0.226. The van der Waals surface area contributed by atoms with Crippen molar-refractivity contribution >= 4 is 29.0 Å². The lowest BCUT2D eigenvalue weighted by Gasteiger charge is -2.02. The van der Waals surface area contributed by atoms with Gasteiger partial charge in [-0.3, -0.25) is 14.9 Å². The Morgan fingerprint density at radius 1 is 1.44 bits per heavy atom. The van der Waals surface area contributed by atoms with Crippen LogP contribution in [0.1, 0.15) is 10.6 Å². The fourth-order valence-electron chi connectivity index (χ4n) is 1.26. The molecule has 0 aromatic carbocycles. The van der Waals surface area contributed by atoms with E-state index >= 15 is 0 Å². The molecular weight excluding hydrogens is 254 g/mol. The van der Waals surface area contributed by atoms with Gasteiger partial charge in [-0.25, -0.2) is 0 Å². The van der Waals surface area contributed by atoms with Gasteiger partial charge in [-0.15, -0.1) is 11.3 Å². The van der Waals surface area contributed by atoms with Crippen molar-refractivity contribution in [2.75, 3.05) is 5.32 Å². The summed E-state index contributed by atoms with van der Waals surface area (Å²) in [5, 5.41) is 10.3. The third kappa shape index (κ3) is 3.17. The third-order valence-corrected chi connectivity index (χ3v) is 2.96. The quantitative estimate of drug-likeness (QED) is 0.819. The van der Waals surface area contributed by atoms with E-state index in [1.54, 1.807) is 6.92 Å². The van der Waals surface area contributed by atoms with Crippen LogP contribution in [0.4, 0.5) is 5.82 Å². The molecule has 2 amide bonds. The van der Waals surface area contributed by atoms with Crippen molar-refractivity contribution in [1.29, 1.82) is 0 Å². The first-order chi connectivity index (χ1) is 8.65. The summed E-state index contributed by atoms with van der Waals surface area (Å²) >= 11 is 1.51. The van der Waals surface area contributed by atoms with E-state index in [1.807, 2.05) is 17.5 Å².